The number of hydrogen-bond donors (Lipinski definition) is 3. The third-order valence-electron chi connectivity index (χ3n) is 5.50. The van der Waals surface area contributed by atoms with Crippen LogP contribution in [0.5, 0.6) is 0 Å². The molecule has 2 aromatic carbocycles. The third-order valence-corrected chi connectivity index (χ3v) is 5.50. The van der Waals surface area contributed by atoms with Crippen LogP contribution in [0.25, 0.3) is 16.6 Å². The van der Waals surface area contributed by atoms with Crippen LogP contribution in [0.2, 0.25) is 0 Å². The molecule has 1 fully saturated rings. The van der Waals surface area contributed by atoms with Crippen LogP contribution < -0.4 is 5.32 Å². The number of aromatic carboxylic acids is 1. The van der Waals surface area contributed by atoms with Crippen molar-refractivity contribution < 1.29 is 24.6 Å². The minimum atomic E-state index is -1.70. The van der Waals surface area contributed by atoms with Crippen molar-refractivity contribution in [3.05, 3.63) is 59.3 Å². The molecule has 3 aromatic rings. The first kappa shape index (κ1) is 22.0. The molecule has 0 saturated carbocycles. The second-order valence-electron chi connectivity index (χ2n) is 7.96. The van der Waals surface area contributed by atoms with E-state index in [1.54, 1.807) is 49.5 Å². The Morgan fingerprint density at radius 3 is 2.70 bits per heavy atom. The van der Waals surface area contributed by atoms with Crippen molar-refractivity contribution in [2.24, 2.45) is 0 Å². The van der Waals surface area contributed by atoms with Gasteiger partial charge in [0.1, 0.15) is 0 Å². The van der Waals surface area contributed by atoms with Gasteiger partial charge in [-0.1, -0.05) is 24.0 Å². The molecule has 1 aliphatic heterocycles. The summed E-state index contributed by atoms with van der Waals surface area (Å²) in [4.78, 5) is 36.6. The van der Waals surface area contributed by atoms with Gasteiger partial charge in [-0.15, -0.1) is 0 Å². The van der Waals surface area contributed by atoms with Crippen LogP contribution in [0.1, 0.15) is 35.0 Å². The molecule has 2 amide bonds. The molecule has 9 nitrogen and oxygen atoms in total. The predicted molar refractivity (Wildman–Crippen MR) is 120 cm³/mol. The van der Waals surface area contributed by atoms with Gasteiger partial charge in [0.2, 0.25) is 11.5 Å². The van der Waals surface area contributed by atoms with E-state index in [0.29, 0.717) is 28.7 Å². The normalized spacial score (nSPS) is 17.7. The lowest BCUT2D eigenvalue weighted by atomic mass is 10.0. The van der Waals surface area contributed by atoms with Gasteiger partial charge in [0.25, 0.3) is 5.91 Å². The second-order valence-corrected chi connectivity index (χ2v) is 7.96. The number of likely N-dealkylation sites (tertiary alicyclic amines) is 1. The number of carbonyl (C=O) groups excluding carboxylic acids is 2. The van der Waals surface area contributed by atoms with E-state index < -0.39 is 17.5 Å². The van der Waals surface area contributed by atoms with Crippen molar-refractivity contribution in [1.82, 2.24) is 20.0 Å². The van der Waals surface area contributed by atoms with E-state index in [1.807, 2.05) is 0 Å². The number of nitrogens with zero attached hydrogens (tertiary/aromatic N) is 3. The number of nitrogens with one attached hydrogen (secondary N) is 1. The van der Waals surface area contributed by atoms with Crippen LogP contribution in [0, 0.1) is 11.8 Å². The lowest BCUT2D eigenvalue weighted by molar-refractivity contribution is -0.137. The number of amides is 2. The third kappa shape index (κ3) is 4.29. The quantitative estimate of drug-likeness (QED) is 0.519. The van der Waals surface area contributed by atoms with Crippen molar-refractivity contribution >= 4 is 28.7 Å². The highest BCUT2D eigenvalue weighted by molar-refractivity contribution is 6.02. The van der Waals surface area contributed by atoms with Gasteiger partial charge in [0.05, 0.1) is 11.2 Å². The monoisotopic (exact) mass is 446 g/mol. The zero-order valence-electron chi connectivity index (χ0n) is 18.1. The number of carbonyl (C=O) groups is 3. The Morgan fingerprint density at radius 1 is 1.24 bits per heavy atom. The van der Waals surface area contributed by atoms with Crippen LogP contribution >= 0.6 is 0 Å². The molecule has 3 N–H and O–H groups in total. The molecular formula is C24H22N4O5. The highest BCUT2D eigenvalue weighted by Crippen LogP contribution is 2.25. The number of likely N-dealkylation sites (N-methyl/N-ethyl adjacent to an activating group) is 1. The Kier molecular flexibility index (Phi) is 5.62. The molecule has 1 saturated heterocycles. The van der Waals surface area contributed by atoms with E-state index in [1.165, 1.54) is 16.5 Å². The van der Waals surface area contributed by atoms with E-state index >= 15 is 0 Å². The van der Waals surface area contributed by atoms with Crippen molar-refractivity contribution in [2.45, 2.75) is 25.5 Å². The van der Waals surface area contributed by atoms with Crippen LogP contribution in [-0.4, -0.2) is 61.9 Å². The minimum absolute atomic E-state index is 0.111. The highest BCUT2D eigenvalue weighted by Gasteiger charge is 2.42. The van der Waals surface area contributed by atoms with Crippen LogP contribution in [-0.2, 0) is 16.1 Å². The first-order chi connectivity index (χ1) is 15.7. The molecule has 0 radical (unpaired) electrons. The number of aromatic nitrogens is 2. The fourth-order valence-corrected chi connectivity index (χ4v) is 3.72. The summed E-state index contributed by atoms with van der Waals surface area (Å²) in [5.74, 6) is 3.76. The molecular weight excluding hydrogens is 424 g/mol. The molecule has 0 spiro atoms. The first-order valence-corrected chi connectivity index (χ1v) is 10.3. The van der Waals surface area contributed by atoms with Crippen molar-refractivity contribution in [2.75, 3.05) is 13.6 Å². The van der Waals surface area contributed by atoms with Gasteiger partial charge in [-0.25, -0.2) is 9.48 Å². The Labute approximate surface area is 189 Å². The lowest BCUT2D eigenvalue weighted by Gasteiger charge is -2.13. The van der Waals surface area contributed by atoms with Crippen LogP contribution in [0.4, 0.5) is 0 Å². The van der Waals surface area contributed by atoms with Crippen molar-refractivity contribution in [3.8, 4) is 17.5 Å². The Morgan fingerprint density at radius 2 is 2.03 bits per heavy atom. The van der Waals surface area contributed by atoms with E-state index in [4.69, 9.17) is 0 Å². The van der Waals surface area contributed by atoms with Crippen molar-refractivity contribution in [3.63, 3.8) is 0 Å². The van der Waals surface area contributed by atoms with E-state index in [2.05, 4.69) is 22.3 Å². The summed E-state index contributed by atoms with van der Waals surface area (Å²) in [5, 5.41) is 27.6. The summed E-state index contributed by atoms with van der Waals surface area (Å²) in [6, 6.07) is 12.2. The molecule has 168 valence electrons. The molecule has 33 heavy (non-hydrogen) atoms. The maximum absolute atomic E-state index is 12.1. The number of hydrogen-bond acceptors (Lipinski definition) is 5. The minimum Gasteiger partial charge on any atom is -0.476 e. The fraction of sp³-hybridized carbons (Fsp3) is 0.250. The molecule has 1 unspecified atom stereocenters. The average molecular weight is 446 g/mol. The molecule has 4 rings (SSSR count). The number of rotatable bonds is 4. The molecule has 2 heterocycles. The maximum Gasteiger partial charge on any atom is 0.357 e. The zero-order valence-corrected chi connectivity index (χ0v) is 18.1. The Balaban J connectivity index is 1.73. The lowest BCUT2D eigenvalue weighted by Crippen LogP contribution is -2.37. The first-order valence-electron chi connectivity index (χ1n) is 10.3. The van der Waals surface area contributed by atoms with E-state index in [0.717, 1.165) is 5.56 Å². The second kappa shape index (κ2) is 8.41. The SMILES string of the molecule is CC(=O)NCc1ccc2c(c1)c(C(=O)O)nn2-c1cccc(C#CC2(O)CCN(C)C2=O)c1. The van der Waals surface area contributed by atoms with Gasteiger partial charge in [-0.2, -0.15) is 5.10 Å². The summed E-state index contributed by atoms with van der Waals surface area (Å²) in [5.41, 5.74) is 0.639. The molecule has 1 aromatic heterocycles. The topological polar surface area (TPSA) is 125 Å². The summed E-state index contributed by atoms with van der Waals surface area (Å²) in [6.07, 6.45) is 0.238. The van der Waals surface area contributed by atoms with Gasteiger partial charge in [0.15, 0.2) is 5.69 Å². The molecule has 0 bridgehead atoms. The fourth-order valence-electron chi connectivity index (χ4n) is 3.72. The van der Waals surface area contributed by atoms with Crippen LogP contribution in [0.3, 0.4) is 0 Å². The van der Waals surface area contributed by atoms with Gasteiger partial charge < -0.3 is 20.4 Å². The number of carboxylic acids is 1. The maximum atomic E-state index is 12.1. The number of benzene rings is 2. The smallest absolute Gasteiger partial charge is 0.357 e. The van der Waals surface area contributed by atoms with E-state index in [-0.39, 0.29) is 24.6 Å². The number of aliphatic hydroxyl groups is 1. The largest absolute Gasteiger partial charge is 0.476 e. The summed E-state index contributed by atoms with van der Waals surface area (Å²) in [6.45, 7) is 2.12. The molecule has 1 atom stereocenters. The molecule has 1 aliphatic rings. The standard InChI is InChI=1S/C24H22N4O5/c1-15(29)25-14-17-6-7-20-19(13-17)21(22(30)31)26-28(20)18-5-3-4-16(12-18)8-9-24(33)10-11-27(2)23(24)32/h3-7,12-13,33H,10-11,14H2,1-2H3,(H,25,29)(H,30,31). The van der Waals surface area contributed by atoms with Gasteiger partial charge >= 0.3 is 5.97 Å². The van der Waals surface area contributed by atoms with Gasteiger partial charge in [-0.3, -0.25) is 9.59 Å². The van der Waals surface area contributed by atoms with E-state index in [9.17, 15) is 24.6 Å². The van der Waals surface area contributed by atoms with Crippen molar-refractivity contribution in [1.29, 1.82) is 0 Å². The Bertz CT molecular complexity index is 1350. The highest BCUT2D eigenvalue weighted by atomic mass is 16.4. The Hall–Kier alpha value is -4.16. The summed E-state index contributed by atoms with van der Waals surface area (Å²) in [7, 11) is 1.62. The zero-order chi connectivity index (χ0) is 23.8. The summed E-state index contributed by atoms with van der Waals surface area (Å²) >= 11 is 0. The molecule has 9 heteroatoms. The predicted octanol–water partition coefficient (Wildman–Crippen LogP) is 1.30. The molecule has 0 aliphatic carbocycles. The van der Waals surface area contributed by atoms with Gasteiger partial charge in [0, 0.05) is 44.4 Å². The number of carboxylic acid groups (broad SMARTS) is 1. The van der Waals surface area contributed by atoms with Crippen LogP contribution in [0.15, 0.2) is 42.5 Å². The number of fused-ring (bicyclic) bond motifs is 1. The average Bonchev–Trinajstić information content (AvgIpc) is 3.30. The van der Waals surface area contributed by atoms with Gasteiger partial charge in [-0.05, 0) is 35.9 Å². The summed E-state index contributed by atoms with van der Waals surface area (Å²) < 4.78 is 1.51.